The van der Waals surface area contributed by atoms with Crippen molar-refractivity contribution in [2.75, 3.05) is 6.61 Å². The van der Waals surface area contributed by atoms with Crippen LogP contribution in [0.25, 0.3) is 11.0 Å². The van der Waals surface area contributed by atoms with E-state index in [1.807, 2.05) is 28.8 Å². The maximum absolute atomic E-state index is 13.6. The normalized spacial score (nSPS) is 12.7. The molecule has 1 unspecified atom stereocenters. The molecule has 4 nitrogen and oxygen atoms in total. The highest BCUT2D eigenvalue weighted by Gasteiger charge is 2.17. The zero-order chi connectivity index (χ0) is 17.1. The van der Waals surface area contributed by atoms with Crippen LogP contribution in [0, 0.1) is 5.82 Å². The molecular weight excluding hydrogens is 307 g/mol. The molecule has 0 aliphatic heterocycles. The van der Waals surface area contributed by atoms with Gasteiger partial charge in [0.1, 0.15) is 18.5 Å². The van der Waals surface area contributed by atoms with Gasteiger partial charge in [-0.1, -0.05) is 38.1 Å². The lowest BCUT2D eigenvalue weighted by Crippen LogP contribution is -2.25. The number of halogens is 1. The van der Waals surface area contributed by atoms with Gasteiger partial charge in [-0.25, -0.2) is 9.37 Å². The number of benzene rings is 2. The summed E-state index contributed by atoms with van der Waals surface area (Å²) < 4.78 is 21.0. The van der Waals surface area contributed by atoms with Crippen molar-refractivity contribution in [3.05, 3.63) is 60.2 Å². The maximum atomic E-state index is 13.6. The Kier molecular flexibility index (Phi) is 4.81. The quantitative estimate of drug-likeness (QED) is 0.750. The molecule has 0 amide bonds. The first-order valence-electron chi connectivity index (χ1n) is 8.07. The number of hydrogen-bond donors (Lipinski definition) is 1. The molecule has 0 radical (unpaired) electrons. The Hall–Kier alpha value is -2.40. The number of aliphatic hydroxyl groups excluding tert-OH is 1. The summed E-state index contributed by atoms with van der Waals surface area (Å²) in [5.41, 5.74) is 1.88. The van der Waals surface area contributed by atoms with Crippen molar-refractivity contribution in [1.82, 2.24) is 9.55 Å². The minimum Gasteiger partial charge on any atom is -0.488 e. The smallest absolute Gasteiger partial charge is 0.165 e. The molecule has 1 atom stereocenters. The Morgan fingerprint density at radius 3 is 2.58 bits per heavy atom. The number of imidazole rings is 1. The van der Waals surface area contributed by atoms with Crippen LogP contribution in [0.5, 0.6) is 5.75 Å². The van der Waals surface area contributed by atoms with Gasteiger partial charge < -0.3 is 14.4 Å². The lowest BCUT2D eigenvalue weighted by molar-refractivity contribution is 0.0905. The second-order valence-electron chi connectivity index (χ2n) is 6.12. The van der Waals surface area contributed by atoms with Crippen molar-refractivity contribution >= 4 is 11.0 Å². The van der Waals surface area contributed by atoms with E-state index in [2.05, 4.69) is 18.8 Å². The molecule has 0 fully saturated rings. The number of rotatable bonds is 6. The summed E-state index contributed by atoms with van der Waals surface area (Å²) in [5.74, 6) is 0.870. The zero-order valence-corrected chi connectivity index (χ0v) is 13.8. The van der Waals surface area contributed by atoms with Gasteiger partial charge in [0.15, 0.2) is 11.6 Å². The predicted octanol–water partition coefficient (Wildman–Crippen LogP) is 3.74. The summed E-state index contributed by atoms with van der Waals surface area (Å²) in [6, 6.07) is 14.0. The fourth-order valence-electron chi connectivity index (χ4n) is 2.74. The first kappa shape index (κ1) is 16.5. The van der Waals surface area contributed by atoms with Gasteiger partial charge in [0.25, 0.3) is 0 Å². The molecule has 0 aliphatic rings. The number of fused-ring (bicyclic) bond motifs is 1. The average Bonchev–Trinajstić information content (AvgIpc) is 2.93. The van der Waals surface area contributed by atoms with E-state index in [-0.39, 0.29) is 18.3 Å². The molecule has 3 aromatic rings. The molecule has 0 saturated carbocycles. The van der Waals surface area contributed by atoms with Gasteiger partial charge in [-0.05, 0) is 24.3 Å². The number of nitrogens with zero attached hydrogens (tertiary/aromatic N) is 2. The van der Waals surface area contributed by atoms with Gasteiger partial charge in [0.2, 0.25) is 0 Å². The summed E-state index contributed by atoms with van der Waals surface area (Å²) in [7, 11) is 0. The van der Waals surface area contributed by atoms with Crippen molar-refractivity contribution < 1.29 is 14.2 Å². The van der Waals surface area contributed by atoms with Crippen LogP contribution in [0.2, 0.25) is 0 Å². The standard InChI is InChI=1S/C19H21FN2O2/c1-13(2)19-21-16-8-4-5-9-17(16)22(19)11-14(23)12-24-18-10-6-3-7-15(18)20/h3-10,13-14,23H,11-12H2,1-2H3. The SMILES string of the molecule is CC(C)c1nc2ccccc2n1CC(O)COc1ccccc1F. The molecule has 24 heavy (non-hydrogen) atoms. The number of hydrogen-bond acceptors (Lipinski definition) is 3. The minimum atomic E-state index is -0.764. The third kappa shape index (κ3) is 3.41. The van der Waals surface area contributed by atoms with E-state index in [0.717, 1.165) is 16.9 Å². The lowest BCUT2D eigenvalue weighted by Gasteiger charge is -2.17. The zero-order valence-electron chi connectivity index (χ0n) is 13.8. The summed E-state index contributed by atoms with van der Waals surface area (Å²) in [5, 5.41) is 10.3. The molecule has 1 aromatic heterocycles. The molecule has 126 valence electrons. The van der Waals surface area contributed by atoms with E-state index >= 15 is 0 Å². The Morgan fingerprint density at radius 1 is 1.12 bits per heavy atom. The Labute approximate surface area is 140 Å². The molecule has 0 bridgehead atoms. The van der Waals surface area contributed by atoms with Crippen LogP contribution < -0.4 is 4.74 Å². The highest BCUT2D eigenvalue weighted by atomic mass is 19.1. The summed E-state index contributed by atoms with van der Waals surface area (Å²) in [6.07, 6.45) is -0.764. The van der Waals surface area contributed by atoms with E-state index in [9.17, 15) is 9.50 Å². The third-order valence-electron chi connectivity index (χ3n) is 3.86. The van der Waals surface area contributed by atoms with Crippen LogP contribution in [-0.4, -0.2) is 27.4 Å². The minimum absolute atomic E-state index is 0.0188. The molecule has 5 heteroatoms. The monoisotopic (exact) mass is 328 g/mol. The van der Waals surface area contributed by atoms with Crippen LogP contribution >= 0.6 is 0 Å². The van der Waals surface area contributed by atoms with E-state index in [4.69, 9.17) is 4.74 Å². The topological polar surface area (TPSA) is 47.3 Å². The van der Waals surface area contributed by atoms with Crippen LogP contribution in [0.3, 0.4) is 0 Å². The first-order chi connectivity index (χ1) is 11.6. The third-order valence-corrected chi connectivity index (χ3v) is 3.86. The van der Waals surface area contributed by atoms with Gasteiger partial charge in [0, 0.05) is 5.92 Å². The fraction of sp³-hybridized carbons (Fsp3) is 0.316. The van der Waals surface area contributed by atoms with Gasteiger partial charge in [0.05, 0.1) is 17.6 Å². The van der Waals surface area contributed by atoms with Crippen molar-refractivity contribution in [3.63, 3.8) is 0 Å². The van der Waals surface area contributed by atoms with Gasteiger partial charge >= 0.3 is 0 Å². The summed E-state index contributed by atoms with van der Waals surface area (Å²) >= 11 is 0. The van der Waals surface area contributed by atoms with Gasteiger partial charge in [-0.15, -0.1) is 0 Å². The van der Waals surface area contributed by atoms with E-state index in [1.165, 1.54) is 6.07 Å². The highest BCUT2D eigenvalue weighted by molar-refractivity contribution is 5.76. The Bertz CT molecular complexity index is 829. The summed E-state index contributed by atoms with van der Waals surface area (Å²) in [4.78, 5) is 4.65. The molecule has 3 rings (SSSR count). The Balaban J connectivity index is 1.76. The molecule has 1 N–H and O–H groups in total. The average molecular weight is 328 g/mol. The van der Waals surface area contributed by atoms with Crippen LogP contribution in [0.4, 0.5) is 4.39 Å². The van der Waals surface area contributed by atoms with Crippen LogP contribution in [-0.2, 0) is 6.54 Å². The molecule has 0 spiro atoms. The van der Waals surface area contributed by atoms with E-state index < -0.39 is 11.9 Å². The van der Waals surface area contributed by atoms with Crippen LogP contribution in [0.15, 0.2) is 48.5 Å². The number of aliphatic hydroxyl groups is 1. The molecule has 1 heterocycles. The van der Waals surface area contributed by atoms with Gasteiger partial charge in [-0.2, -0.15) is 0 Å². The van der Waals surface area contributed by atoms with E-state index in [1.54, 1.807) is 18.2 Å². The van der Waals surface area contributed by atoms with Crippen molar-refractivity contribution in [2.45, 2.75) is 32.4 Å². The number of aromatic nitrogens is 2. The molecular formula is C19H21FN2O2. The molecule has 0 saturated heterocycles. The number of para-hydroxylation sites is 3. The second kappa shape index (κ2) is 7.01. The van der Waals surface area contributed by atoms with Crippen LogP contribution in [0.1, 0.15) is 25.6 Å². The lowest BCUT2D eigenvalue weighted by atomic mass is 10.2. The Morgan fingerprint density at radius 2 is 1.83 bits per heavy atom. The highest BCUT2D eigenvalue weighted by Crippen LogP contribution is 2.22. The first-order valence-corrected chi connectivity index (χ1v) is 8.07. The second-order valence-corrected chi connectivity index (χ2v) is 6.12. The number of ether oxygens (including phenoxy) is 1. The van der Waals surface area contributed by atoms with Crippen molar-refractivity contribution in [2.24, 2.45) is 0 Å². The van der Waals surface area contributed by atoms with Crippen molar-refractivity contribution in [1.29, 1.82) is 0 Å². The maximum Gasteiger partial charge on any atom is 0.165 e. The van der Waals surface area contributed by atoms with Crippen molar-refractivity contribution in [3.8, 4) is 5.75 Å². The summed E-state index contributed by atoms with van der Waals surface area (Å²) in [6.45, 7) is 4.51. The van der Waals surface area contributed by atoms with E-state index in [0.29, 0.717) is 6.54 Å². The predicted molar refractivity (Wildman–Crippen MR) is 91.7 cm³/mol. The molecule has 2 aromatic carbocycles. The van der Waals surface area contributed by atoms with Gasteiger partial charge in [-0.3, -0.25) is 0 Å². The molecule has 0 aliphatic carbocycles. The largest absolute Gasteiger partial charge is 0.488 e. The fourth-order valence-corrected chi connectivity index (χ4v) is 2.74.